The lowest BCUT2D eigenvalue weighted by atomic mass is 9.81. The summed E-state index contributed by atoms with van der Waals surface area (Å²) >= 11 is 0. The molecule has 3 nitrogen and oxygen atoms in total. The molecule has 3 heteroatoms. The Kier molecular flexibility index (Phi) is 3.09. The number of anilines is 1. The molecule has 17 heavy (non-hydrogen) atoms. The number of hydrogen-bond acceptors (Lipinski definition) is 3. The molecule has 2 aromatic rings. The molecule has 0 unspecified atom stereocenters. The predicted octanol–water partition coefficient (Wildman–Crippen LogP) is 2.84. The zero-order valence-corrected chi connectivity index (χ0v) is 10.4. The summed E-state index contributed by atoms with van der Waals surface area (Å²) < 4.78 is 0. The molecule has 0 saturated heterocycles. The summed E-state index contributed by atoms with van der Waals surface area (Å²) in [5, 5.41) is 2.97. The number of rotatable bonds is 3. The zero-order chi connectivity index (χ0) is 12.3. The van der Waals surface area contributed by atoms with Crippen LogP contribution in [-0.2, 0) is 5.41 Å². The van der Waals surface area contributed by atoms with Gasteiger partial charge >= 0.3 is 0 Å². The number of aromatic nitrogens is 2. The van der Waals surface area contributed by atoms with Crippen molar-refractivity contribution in [2.24, 2.45) is 0 Å². The molecule has 88 valence electrons. The molecule has 0 radical (unpaired) electrons. The number of nitrogens with one attached hydrogen (secondary N) is 1. The van der Waals surface area contributed by atoms with E-state index in [2.05, 4.69) is 53.4 Å². The Labute approximate surface area is 102 Å². The standard InChI is InChI=1S/C14H17N3/c1-14(2,11-7-5-4-6-8-11)12-9-10-16-13(15-3)17-12/h4-10H,1-3H3,(H,15,16,17). The topological polar surface area (TPSA) is 37.8 Å². The second-order valence-corrected chi connectivity index (χ2v) is 4.51. The van der Waals surface area contributed by atoms with Gasteiger partial charge in [0.25, 0.3) is 0 Å². The normalized spacial score (nSPS) is 11.2. The van der Waals surface area contributed by atoms with E-state index in [-0.39, 0.29) is 5.41 Å². The molecule has 0 fully saturated rings. The highest BCUT2D eigenvalue weighted by molar-refractivity contribution is 5.36. The van der Waals surface area contributed by atoms with Crippen molar-refractivity contribution >= 4 is 5.95 Å². The molecule has 1 heterocycles. The van der Waals surface area contributed by atoms with Gasteiger partial charge in [-0.3, -0.25) is 0 Å². The van der Waals surface area contributed by atoms with Gasteiger partial charge in [-0.25, -0.2) is 9.97 Å². The fourth-order valence-electron chi connectivity index (χ4n) is 1.83. The van der Waals surface area contributed by atoms with Crippen LogP contribution < -0.4 is 5.32 Å². The van der Waals surface area contributed by atoms with Crippen LogP contribution in [-0.4, -0.2) is 17.0 Å². The van der Waals surface area contributed by atoms with Gasteiger partial charge in [0.15, 0.2) is 0 Å². The predicted molar refractivity (Wildman–Crippen MR) is 70.1 cm³/mol. The second kappa shape index (κ2) is 4.53. The van der Waals surface area contributed by atoms with E-state index < -0.39 is 0 Å². The summed E-state index contributed by atoms with van der Waals surface area (Å²) in [5.41, 5.74) is 2.15. The van der Waals surface area contributed by atoms with Crippen LogP contribution in [0.15, 0.2) is 42.6 Å². The van der Waals surface area contributed by atoms with Gasteiger partial charge in [0.05, 0.1) is 5.69 Å². The molecule has 0 atom stereocenters. The van der Waals surface area contributed by atoms with Gasteiger partial charge in [0, 0.05) is 18.7 Å². The van der Waals surface area contributed by atoms with Crippen LogP contribution in [0.1, 0.15) is 25.1 Å². The molecule has 0 aliphatic heterocycles. The third kappa shape index (κ3) is 2.28. The minimum absolute atomic E-state index is 0.115. The highest BCUT2D eigenvalue weighted by atomic mass is 15.1. The van der Waals surface area contributed by atoms with Crippen molar-refractivity contribution in [1.82, 2.24) is 9.97 Å². The SMILES string of the molecule is CNc1nccc(C(C)(C)c2ccccc2)n1. The van der Waals surface area contributed by atoms with E-state index in [9.17, 15) is 0 Å². The van der Waals surface area contributed by atoms with Crippen LogP contribution in [0.5, 0.6) is 0 Å². The van der Waals surface area contributed by atoms with E-state index in [1.54, 1.807) is 6.20 Å². The summed E-state index contributed by atoms with van der Waals surface area (Å²) in [7, 11) is 1.83. The Hall–Kier alpha value is -1.90. The third-order valence-corrected chi connectivity index (χ3v) is 3.02. The minimum Gasteiger partial charge on any atom is -0.357 e. The molecule has 0 saturated carbocycles. The van der Waals surface area contributed by atoms with Crippen LogP contribution in [0.25, 0.3) is 0 Å². The molecule has 1 aromatic carbocycles. The van der Waals surface area contributed by atoms with E-state index >= 15 is 0 Å². The van der Waals surface area contributed by atoms with E-state index in [0.29, 0.717) is 5.95 Å². The van der Waals surface area contributed by atoms with Gasteiger partial charge in [-0.2, -0.15) is 0 Å². The Bertz CT molecular complexity index is 492. The Morgan fingerprint density at radius 3 is 2.41 bits per heavy atom. The lowest BCUT2D eigenvalue weighted by Gasteiger charge is -2.24. The van der Waals surface area contributed by atoms with Crippen LogP contribution in [0.4, 0.5) is 5.95 Å². The van der Waals surface area contributed by atoms with E-state index in [1.807, 2.05) is 19.2 Å². The monoisotopic (exact) mass is 227 g/mol. The van der Waals surface area contributed by atoms with Gasteiger partial charge in [0.2, 0.25) is 5.95 Å². The maximum absolute atomic E-state index is 4.52. The highest BCUT2D eigenvalue weighted by Gasteiger charge is 2.24. The number of nitrogens with zero attached hydrogens (tertiary/aromatic N) is 2. The molecule has 1 N–H and O–H groups in total. The first kappa shape index (κ1) is 11.6. The van der Waals surface area contributed by atoms with Crippen LogP contribution in [0.3, 0.4) is 0 Å². The quantitative estimate of drug-likeness (QED) is 0.876. The van der Waals surface area contributed by atoms with Gasteiger partial charge in [0.1, 0.15) is 0 Å². The van der Waals surface area contributed by atoms with Crippen molar-refractivity contribution in [3.63, 3.8) is 0 Å². The van der Waals surface area contributed by atoms with Gasteiger partial charge in [-0.15, -0.1) is 0 Å². The van der Waals surface area contributed by atoms with Crippen molar-refractivity contribution in [3.05, 3.63) is 53.9 Å². The maximum Gasteiger partial charge on any atom is 0.222 e. The first-order chi connectivity index (χ1) is 8.14. The molecule has 0 aliphatic rings. The van der Waals surface area contributed by atoms with E-state index in [4.69, 9.17) is 0 Å². The van der Waals surface area contributed by atoms with Crippen molar-refractivity contribution < 1.29 is 0 Å². The summed E-state index contributed by atoms with van der Waals surface area (Å²) in [6.45, 7) is 4.34. The van der Waals surface area contributed by atoms with E-state index in [1.165, 1.54) is 5.56 Å². The number of hydrogen-bond donors (Lipinski definition) is 1. The first-order valence-electron chi connectivity index (χ1n) is 5.71. The van der Waals surface area contributed by atoms with E-state index in [0.717, 1.165) is 5.69 Å². The second-order valence-electron chi connectivity index (χ2n) is 4.51. The zero-order valence-electron chi connectivity index (χ0n) is 10.4. The van der Waals surface area contributed by atoms with Gasteiger partial charge in [-0.05, 0) is 11.6 Å². The van der Waals surface area contributed by atoms with Crippen molar-refractivity contribution in [2.75, 3.05) is 12.4 Å². The highest BCUT2D eigenvalue weighted by Crippen LogP contribution is 2.29. The van der Waals surface area contributed by atoms with Crippen LogP contribution >= 0.6 is 0 Å². The molecule has 0 amide bonds. The number of benzene rings is 1. The van der Waals surface area contributed by atoms with Crippen molar-refractivity contribution in [2.45, 2.75) is 19.3 Å². The maximum atomic E-state index is 4.52. The molecular weight excluding hydrogens is 210 g/mol. The Balaban J connectivity index is 2.44. The molecule has 0 aliphatic carbocycles. The summed E-state index contributed by atoms with van der Waals surface area (Å²) in [6, 6.07) is 12.4. The van der Waals surface area contributed by atoms with Crippen LogP contribution in [0, 0.1) is 0 Å². The fraction of sp³-hybridized carbons (Fsp3) is 0.286. The summed E-state index contributed by atoms with van der Waals surface area (Å²) in [4.78, 5) is 8.66. The average Bonchev–Trinajstić information content (AvgIpc) is 2.40. The van der Waals surface area contributed by atoms with Crippen molar-refractivity contribution in [3.8, 4) is 0 Å². The summed E-state index contributed by atoms with van der Waals surface area (Å²) in [5.74, 6) is 0.659. The smallest absolute Gasteiger partial charge is 0.222 e. The fourth-order valence-corrected chi connectivity index (χ4v) is 1.83. The first-order valence-corrected chi connectivity index (χ1v) is 5.71. The Morgan fingerprint density at radius 2 is 1.76 bits per heavy atom. The average molecular weight is 227 g/mol. The van der Waals surface area contributed by atoms with Crippen LogP contribution in [0.2, 0.25) is 0 Å². The van der Waals surface area contributed by atoms with Gasteiger partial charge < -0.3 is 5.32 Å². The van der Waals surface area contributed by atoms with Gasteiger partial charge in [-0.1, -0.05) is 44.2 Å². The molecule has 0 spiro atoms. The molecular formula is C14H17N3. The molecule has 1 aromatic heterocycles. The van der Waals surface area contributed by atoms with Crippen molar-refractivity contribution in [1.29, 1.82) is 0 Å². The summed E-state index contributed by atoms with van der Waals surface area (Å²) in [6.07, 6.45) is 1.79. The lowest BCUT2D eigenvalue weighted by Crippen LogP contribution is -2.21. The minimum atomic E-state index is -0.115. The third-order valence-electron chi connectivity index (χ3n) is 3.02. The largest absolute Gasteiger partial charge is 0.357 e. The molecule has 2 rings (SSSR count). The molecule has 0 bridgehead atoms. The Morgan fingerprint density at radius 1 is 1.06 bits per heavy atom. The lowest BCUT2D eigenvalue weighted by molar-refractivity contribution is 0.615.